The summed E-state index contributed by atoms with van der Waals surface area (Å²) in [5.74, 6) is 0.245. The molecule has 1 amide bonds. The number of nitrogens with one attached hydrogen (secondary N) is 2. The average Bonchev–Trinajstić information content (AvgIpc) is 2.30. The van der Waals surface area contributed by atoms with Gasteiger partial charge in [-0.3, -0.25) is 4.79 Å². The van der Waals surface area contributed by atoms with Gasteiger partial charge in [-0.25, -0.2) is 0 Å². The molecule has 3 nitrogen and oxygen atoms in total. The lowest BCUT2D eigenvalue weighted by molar-refractivity contribution is -0.858. The molecule has 0 radical (unpaired) electrons. The van der Waals surface area contributed by atoms with E-state index in [1.165, 1.54) is 4.90 Å². The molecule has 0 aliphatic carbocycles. The lowest BCUT2D eigenvalue weighted by Crippen LogP contribution is -3.05. The zero-order valence-electron chi connectivity index (χ0n) is 14.6. The van der Waals surface area contributed by atoms with Crippen LogP contribution in [0, 0.1) is 11.3 Å². The second-order valence-corrected chi connectivity index (χ2v) is 9.97. The van der Waals surface area contributed by atoms with Crippen LogP contribution in [0.15, 0.2) is 0 Å². The van der Waals surface area contributed by atoms with Crippen molar-refractivity contribution in [3.8, 4) is 0 Å². The number of hydrogen-bond donors (Lipinski definition) is 3. The van der Waals surface area contributed by atoms with Gasteiger partial charge >= 0.3 is 0 Å². The number of amides is 1. The van der Waals surface area contributed by atoms with Crippen molar-refractivity contribution < 1.29 is 22.1 Å². The van der Waals surface area contributed by atoms with E-state index >= 15 is 0 Å². The Morgan fingerprint density at radius 3 is 2.14 bits per heavy atom. The summed E-state index contributed by atoms with van der Waals surface area (Å²) in [7, 11) is 4.83. The second kappa shape index (κ2) is 10.3. The van der Waals surface area contributed by atoms with Crippen LogP contribution in [0.1, 0.15) is 47.5 Å². The van der Waals surface area contributed by atoms with Crippen molar-refractivity contribution in [3.05, 3.63) is 0 Å². The van der Waals surface area contributed by atoms with E-state index in [-0.39, 0.29) is 34.8 Å². The number of halogens is 1. The van der Waals surface area contributed by atoms with E-state index in [0.717, 1.165) is 25.9 Å². The van der Waals surface area contributed by atoms with Gasteiger partial charge in [0.1, 0.15) is 0 Å². The van der Waals surface area contributed by atoms with Gasteiger partial charge in [-0.15, -0.1) is 0 Å². The van der Waals surface area contributed by atoms with Gasteiger partial charge in [-0.1, -0.05) is 42.4 Å². The van der Waals surface area contributed by atoms with Crippen molar-refractivity contribution in [2.75, 3.05) is 27.2 Å². The van der Waals surface area contributed by atoms with E-state index in [1.54, 1.807) is 0 Å². The number of hydrogen-bond acceptors (Lipinski definition) is 2. The molecule has 21 heavy (non-hydrogen) atoms. The Kier molecular flexibility index (Phi) is 11.7. The molecule has 0 aromatic rings. The number of carbonyl (C=O) groups is 1. The van der Waals surface area contributed by atoms with E-state index in [2.05, 4.69) is 66.3 Å². The molecule has 0 bridgehead atoms. The molecule has 2 N–H and O–H groups in total. The fourth-order valence-corrected chi connectivity index (χ4v) is 2.69. The predicted octanol–water partition coefficient (Wildman–Crippen LogP) is -1.00. The molecule has 0 spiro atoms. The lowest BCUT2D eigenvalue weighted by Gasteiger charge is -2.35. The fourth-order valence-electron chi connectivity index (χ4n) is 2.12. The molecule has 0 aromatic heterocycles. The van der Waals surface area contributed by atoms with Gasteiger partial charge in [0, 0.05) is 18.9 Å². The fraction of sp³-hybridized carbons (Fsp3) is 0.933. The summed E-state index contributed by atoms with van der Waals surface area (Å²) < 4.78 is 0. The Morgan fingerprint density at radius 2 is 1.76 bits per heavy atom. The van der Waals surface area contributed by atoms with Gasteiger partial charge in [-0.05, 0) is 17.0 Å². The Morgan fingerprint density at radius 1 is 1.24 bits per heavy atom. The highest BCUT2D eigenvalue weighted by Crippen LogP contribution is 2.43. The van der Waals surface area contributed by atoms with Crippen molar-refractivity contribution in [3.63, 3.8) is 0 Å². The number of thiol groups is 1. The smallest absolute Gasteiger partial charge is 0.223 e. The van der Waals surface area contributed by atoms with Crippen molar-refractivity contribution in [1.82, 2.24) is 5.32 Å². The van der Waals surface area contributed by atoms with E-state index in [9.17, 15) is 4.79 Å². The highest BCUT2D eigenvalue weighted by molar-refractivity contribution is 8.38. The molecular formula is C15H34ClN2OPS. The standard InChI is InChI=1S/C15H33N2OPS.ClH/c1-14(2,3)12(11-15(4,5)19-20)13(18)16-9-8-10-17(6)7;/h12,19-20H,8-11H2,1-7H3,(H,16,18);1H. The SMILES string of the molecule is C[NH+](C)CCCNC(=O)C(CC(C)(C)PS)C(C)(C)C.[Cl-]. The molecule has 0 saturated heterocycles. The van der Waals surface area contributed by atoms with Crippen LogP contribution in [0.3, 0.4) is 0 Å². The molecule has 0 heterocycles. The van der Waals surface area contributed by atoms with Crippen molar-refractivity contribution in [2.24, 2.45) is 11.3 Å². The van der Waals surface area contributed by atoms with Crippen LogP contribution in [-0.2, 0) is 4.79 Å². The van der Waals surface area contributed by atoms with E-state index < -0.39 is 0 Å². The third kappa shape index (κ3) is 10.8. The van der Waals surface area contributed by atoms with Gasteiger partial charge in [0.05, 0.1) is 20.6 Å². The van der Waals surface area contributed by atoms with Crippen LogP contribution in [0.25, 0.3) is 0 Å². The molecule has 0 saturated carbocycles. The molecule has 0 aliphatic rings. The highest BCUT2D eigenvalue weighted by atomic mass is 35.5. The molecule has 128 valence electrons. The molecule has 0 aliphatic heterocycles. The quantitative estimate of drug-likeness (QED) is 0.291. The number of rotatable bonds is 8. The van der Waals surface area contributed by atoms with E-state index in [0.29, 0.717) is 7.78 Å². The van der Waals surface area contributed by atoms with Crippen LogP contribution in [-0.4, -0.2) is 38.2 Å². The minimum Gasteiger partial charge on any atom is -1.00 e. The largest absolute Gasteiger partial charge is 1.00 e. The number of carbonyl (C=O) groups excluding carboxylic acids is 1. The molecular weight excluding hydrogens is 323 g/mol. The van der Waals surface area contributed by atoms with E-state index in [4.69, 9.17) is 0 Å². The third-order valence-corrected chi connectivity index (χ3v) is 6.16. The summed E-state index contributed by atoms with van der Waals surface area (Å²) in [6, 6.07) is 0. The zero-order valence-corrected chi connectivity index (χ0v) is 17.3. The topological polar surface area (TPSA) is 33.5 Å². The van der Waals surface area contributed by atoms with E-state index in [1.807, 2.05) is 0 Å². The van der Waals surface area contributed by atoms with Gasteiger partial charge < -0.3 is 22.6 Å². The summed E-state index contributed by atoms with van der Waals surface area (Å²) in [5, 5.41) is 3.23. The Hall–Kier alpha value is 0.500. The monoisotopic (exact) mass is 356 g/mol. The molecule has 0 rings (SSSR count). The first-order valence-corrected chi connectivity index (χ1v) is 9.76. The summed E-state index contributed by atoms with van der Waals surface area (Å²) in [4.78, 5) is 13.9. The second-order valence-electron chi connectivity index (χ2n) is 7.72. The predicted molar refractivity (Wildman–Crippen MR) is 94.2 cm³/mol. The van der Waals surface area contributed by atoms with Crippen LogP contribution in [0.2, 0.25) is 0 Å². The summed E-state index contributed by atoms with van der Waals surface area (Å²) in [6.07, 6.45) is 1.92. The van der Waals surface area contributed by atoms with Crippen LogP contribution >= 0.6 is 20.0 Å². The zero-order chi connectivity index (χ0) is 16.0. The molecule has 6 heteroatoms. The summed E-state index contributed by atoms with van der Waals surface area (Å²) in [6.45, 7) is 12.7. The maximum atomic E-state index is 12.5. The normalized spacial score (nSPS) is 14.3. The Balaban J connectivity index is 0. The van der Waals surface area contributed by atoms with Crippen molar-refractivity contribution in [2.45, 2.75) is 52.6 Å². The van der Waals surface area contributed by atoms with Gasteiger partial charge in [0.2, 0.25) is 5.91 Å². The van der Waals surface area contributed by atoms with Gasteiger partial charge in [-0.2, -0.15) is 12.2 Å². The van der Waals surface area contributed by atoms with Crippen molar-refractivity contribution >= 4 is 25.9 Å². The first-order valence-electron chi connectivity index (χ1n) is 7.47. The summed E-state index contributed by atoms with van der Waals surface area (Å²) in [5.41, 5.74) is -0.0123. The van der Waals surface area contributed by atoms with Gasteiger partial charge in [0.25, 0.3) is 0 Å². The minimum absolute atomic E-state index is 0. The highest BCUT2D eigenvalue weighted by Gasteiger charge is 2.35. The van der Waals surface area contributed by atoms with Crippen LogP contribution in [0.5, 0.6) is 0 Å². The third-order valence-electron chi connectivity index (χ3n) is 3.53. The minimum atomic E-state index is -0.0123. The summed E-state index contributed by atoms with van der Waals surface area (Å²) >= 11 is 4.44. The maximum Gasteiger partial charge on any atom is 0.223 e. The van der Waals surface area contributed by atoms with Crippen LogP contribution in [0.4, 0.5) is 0 Å². The van der Waals surface area contributed by atoms with Gasteiger partial charge in [0.15, 0.2) is 0 Å². The number of quaternary nitrogens is 1. The molecule has 0 aromatic carbocycles. The first kappa shape index (κ1) is 23.8. The average molecular weight is 357 g/mol. The molecule has 2 atom stereocenters. The Labute approximate surface area is 144 Å². The first-order chi connectivity index (χ1) is 8.99. The Bertz CT molecular complexity index is 307. The lowest BCUT2D eigenvalue weighted by atomic mass is 9.75. The maximum absolute atomic E-state index is 12.5. The molecule has 2 unspecified atom stereocenters. The molecule has 0 fully saturated rings. The van der Waals surface area contributed by atoms with Crippen molar-refractivity contribution in [1.29, 1.82) is 0 Å². The van der Waals surface area contributed by atoms with Crippen LogP contribution < -0.4 is 22.6 Å².